The van der Waals surface area contributed by atoms with Gasteiger partial charge in [0.05, 0.1) is 6.21 Å². The van der Waals surface area contributed by atoms with Crippen LogP contribution in [0.3, 0.4) is 0 Å². The maximum atomic E-state index is 9.93. The average molecular weight is 285 g/mol. The molecule has 20 heavy (non-hydrogen) atoms. The van der Waals surface area contributed by atoms with E-state index in [1.807, 2.05) is 30.3 Å². The third-order valence-corrected chi connectivity index (χ3v) is 3.42. The van der Waals surface area contributed by atoms with Gasteiger partial charge in [0.15, 0.2) is 5.17 Å². The SMILES string of the molecule is C=CCS/C(N)=N/N=C/c1c(O)ccc2ccccc12. The van der Waals surface area contributed by atoms with Crippen molar-refractivity contribution in [3.8, 4) is 5.75 Å². The van der Waals surface area contributed by atoms with Gasteiger partial charge in [0.1, 0.15) is 5.75 Å². The minimum atomic E-state index is 0.167. The third-order valence-electron chi connectivity index (χ3n) is 2.64. The maximum absolute atomic E-state index is 9.93. The molecule has 0 aliphatic rings. The van der Waals surface area contributed by atoms with E-state index in [0.717, 1.165) is 10.8 Å². The summed E-state index contributed by atoms with van der Waals surface area (Å²) >= 11 is 1.35. The largest absolute Gasteiger partial charge is 0.507 e. The van der Waals surface area contributed by atoms with Crippen LogP contribution in [0.4, 0.5) is 0 Å². The highest BCUT2D eigenvalue weighted by Gasteiger charge is 2.03. The number of phenolic OH excluding ortho intramolecular Hbond substituents is 1. The topological polar surface area (TPSA) is 71.0 Å². The minimum Gasteiger partial charge on any atom is -0.507 e. The Morgan fingerprint density at radius 2 is 2.10 bits per heavy atom. The van der Waals surface area contributed by atoms with Crippen LogP contribution in [0.5, 0.6) is 5.75 Å². The van der Waals surface area contributed by atoms with E-state index in [1.165, 1.54) is 18.0 Å². The van der Waals surface area contributed by atoms with Crippen LogP contribution in [-0.2, 0) is 0 Å². The molecule has 2 rings (SSSR count). The number of benzene rings is 2. The van der Waals surface area contributed by atoms with E-state index in [1.54, 1.807) is 12.1 Å². The van der Waals surface area contributed by atoms with Crippen molar-refractivity contribution >= 4 is 33.9 Å². The molecule has 0 spiro atoms. The summed E-state index contributed by atoms with van der Waals surface area (Å²) in [6.45, 7) is 3.60. The number of hydrogen-bond acceptors (Lipinski definition) is 4. The quantitative estimate of drug-likeness (QED) is 0.392. The van der Waals surface area contributed by atoms with Crippen LogP contribution in [0.2, 0.25) is 0 Å². The van der Waals surface area contributed by atoms with Gasteiger partial charge in [-0.3, -0.25) is 0 Å². The Balaban J connectivity index is 2.29. The lowest BCUT2D eigenvalue weighted by atomic mass is 10.0. The van der Waals surface area contributed by atoms with Crippen LogP contribution in [-0.4, -0.2) is 22.2 Å². The predicted octanol–water partition coefficient (Wildman–Crippen LogP) is 3.11. The normalized spacial score (nSPS) is 12.1. The highest BCUT2D eigenvalue weighted by Crippen LogP contribution is 2.25. The van der Waals surface area contributed by atoms with Crippen LogP contribution in [0.1, 0.15) is 5.56 Å². The van der Waals surface area contributed by atoms with Gasteiger partial charge in [0, 0.05) is 11.3 Å². The van der Waals surface area contributed by atoms with Gasteiger partial charge in [-0.15, -0.1) is 11.7 Å². The van der Waals surface area contributed by atoms with E-state index in [4.69, 9.17) is 5.73 Å². The van der Waals surface area contributed by atoms with Gasteiger partial charge in [-0.05, 0) is 16.8 Å². The Bertz CT molecular complexity index is 680. The molecule has 2 aromatic rings. The molecule has 0 aromatic heterocycles. The number of nitrogens with zero attached hydrogens (tertiary/aromatic N) is 2. The summed E-state index contributed by atoms with van der Waals surface area (Å²) in [5, 5.41) is 20.0. The first-order chi connectivity index (χ1) is 9.72. The molecule has 0 atom stereocenters. The smallest absolute Gasteiger partial charge is 0.180 e. The van der Waals surface area contributed by atoms with Crippen molar-refractivity contribution in [2.24, 2.45) is 15.9 Å². The molecular weight excluding hydrogens is 270 g/mol. The lowest BCUT2D eigenvalue weighted by Crippen LogP contribution is -2.05. The highest BCUT2D eigenvalue weighted by molar-refractivity contribution is 8.13. The third kappa shape index (κ3) is 3.39. The Morgan fingerprint density at radius 1 is 1.30 bits per heavy atom. The first-order valence-corrected chi connectivity index (χ1v) is 7.02. The fourth-order valence-electron chi connectivity index (χ4n) is 1.74. The number of rotatable bonds is 4. The second kappa shape index (κ2) is 6.77. The number of fused-ring (bicyclic) bond motifs is 1. The van der Waals surface area contributed by atoms with Crippen LogP contribution >= 0.6 is 11.8 Å². The molecule has 3 N–H and O–H groups in total. The first-order valence-electron chi connectivity index (χ1n) is 6.03. The standard InChI is InChI=1S/C15H15N3OS/c1-2-9-20-15(16)18-17-10-13-12-6-4-3-5-11(12)7-8-14(13)19/h2-8,10,19H,1,9H2,(H2,16,18)/b17-10+. The van der Waals surface area contributed by atoms with Crippen molar-refractivity contribution in [2.75, 3.05) is 5.75 Å². The van der Waals surface area contributed by atoms with Gasteiger partial charge < -0.3 is 10.8 Å². The number of nitrogens with two attached hydrogens (primary N) is 1. The van der Waals surface area contributed by atoms with Gasteiger partial charge in [0.25, 0.3) is 0 Å². The minimum absolute atomic E-state index is 0.167. The zero-order valence-electron chi connectivity index (χ0n) is 10.9. The number of hydrogen-bond donors (Lipinski definition) is 2. The number of phenols is 1. The molecule has 0 unspecified atom stereocenters. The maximum Gasteiger partial charge on any atom is 0.180 e. The van der Waals surface area contributed by atoms with Gasteiger partial charge in [-0.25, -0.2) is 0 Å². The van der Waals surface area contributed by atoms with E-state index in [9.17, 15) is 5.11 Å². The molecule has 102 valence electrons. The monoisotopic (exact) mass is 285 g/mol. The Labute approximate surface area is 121 Å². The number of thioether (sulfide) groups is 1. The molecule has 0 amide bonds. The summed E-state index contributed by atoms with van der Waals surface area (Å²) < 4.78 is 0. The zero-order valence-corrected chi connectivity index (χ0v) is 11.7. The van der Waals surface area contributed by atoms with E-state index in [-0.39, 0.29) is 5.75 Å². The molecule has 0 bridgehead atoms. The van der Waals surface area contributed by atoms with E-state index in [2.05, 4.69) is 16.8 Å². The van der Waals surface area contributed by atoms with Crippen molar-refractivity contribution in [3.05, 3.63) is 54.6 Å². The molecule has 0 saturated heterocycles. The summed E-state index contributed by atoms with van der Waals surface area (Å²) in [4.78, 5) is 0. The van der Waals surface area contributed by atoms with Crippen LogP contribution in [0.15, 0.2) is 59.3 Å². The Kier molecular flexibility index (Phi) is 4.79. The van der Waals surface area contributed by atoms with E-state index < -0.39 is 0 Å². The average Bonchev–Trinajstić information content (AvgIpc) is 2.47. The summed E-state index contributed by atoms with van der Waals surface area (Å²) in [5.74, 6) is 0.852. The van der Waals surface area contributed by atoms with Crippen molar-refractivity contribution in [1.29, 1.82) is 0 Å². The Hall–Kier alpha value is -2.27. The van der Waals surface area contributed by atoms with Crippen molar-refractivity contribution in [1.82, 2.24) is 0 Å². The van der Waals surface area contributed by atoms with Crippen molar-refractivity contribution in [2.45, 2.75) is 0 Å². The summed E-state index contributed by atoms with van der Waals surface area (Å²) in [7, 11) is 0. The molecule has 5 heteroatoms. The second-order valence-corrected chi connectivity index (χ2v) is 5.04. The van der Waals surface area contributed by atoms with Gasteiger partial charge in [-0.2, -0.15) is 5.10 Å². The van der Waals surface area contributed by atoms with Crippen LogP contribution < -0.4 is 5.73 Å². The van der Waals surface area contributed by atoms with Crippen molar-refractivity contribution in [3.63, 3.8) is 0 Å². The lowest BCUT2D eigenvalue weighted by Gasteiger charge is -2.03. The molecule has 2 aromatic carbocycles. The van der Waals surface area contributed by atoms with Gasteiger partial charge in [-0.1, -0.05) is 48.2 Å². The first kappa shape index (κ1) is 14.1. The molecule has 0 heterocycles. The summed E-state index contributed by atoms with van der Waals surface area (Å²) in [5.41, 5.74) is 6.30. The van der Waals surface area contributed by atoms with Gasteiger partial charge >= 0.3 is 0 Å². The fraction of sp³-hybridized carbons (Fsp3) is 0.0667. The van der Waals surface area contributed by atoms with Crippen LogP contribution in [0.25, 0.3) is 10.8 Å². The molecule has 0 aliphatic heterocycles. The second-order valence-electron chi connectivity index (χ2n) is 4.00. The predicted molar refractivity (Wildman–Crippen MR) is 87.5 cm³/mol. The summed E-state index contributed by atoms with van der Waals surface area (Å²) in [6.07, 6.45) is 3.26. The molecule has 0 radical (unpaired) electrons. The highest BCUT2D eigenvalue weighted by atomic mass is 32.2. The van der Waals surface area contributed by atoms with Gasteiger partial charge in [0.2, 0.25) is 0 Å². The molecule has 0 saturated carbocycles. The van der Waals surface area contributed by atoms with E-state index >= 15 is 0 Å². The lowest BCUT2D eigenvalue weighted by molar-refractivity contribution is 0.475. The van der Waals surface area contributed by atoms with Crippen molar-refractivity contribution < 1.29 is 5.11 Å². The van der Waals surface area contributed by atoms with Crippen LogP contribution in [0, 0.1) is 0 Å². The zero-order chi connectivity index (χ0) is 14.4. The Morgan fingerprint density at radius 3 is 2.90 bits per heavy atom. The fourth-order valence-corrected chi connectivity index (χ4v) is 2.13. The molecule has 4 nitrogen and oxygen atoms in total. The molecular formula is C15H15N3OS. The number of aromatic hydroxyl groups is 1. The number of amidine groups is 1. The summed E-state index contributed by atoms with van der Waals surface area (Å²) in [6, 6.07) is 11.3. The molecule has 0 fully saturated rings. The van der Waals surface area contributed by atoms with E-state index in [0.29, 0.717) is 16.5 Å². The molecule has 0 aliphatic carbocycles.